The van der Waals surface area contributed by atoms with Crippen molar-refractivity contribution in [2.75, 3.05) is 6.61 Å². The first kappa shape index (κ1) is 18.7. The van der Waals surface area contributed by atoms with Gasteiger partial charge in [0.25, 0.3) is 0 Å². The molecule has 0 heterocycles. The lowest BCUT2D eigenvalue weighted by molar-refractivity contribution is -0.153. The van der Waals surface area contributed by atoms with Gasteiger partial charge in [0.05, 0.1) is 0 Å². The Hall–Kier alpha value is -2.36. The number of esters is 2. The van der Waals surface area contributed by atoms with Gasteiger partial charge in [-0.1, -0.05) is 49.9 Å². The molecule has 0 fully saturated rings. The SMILES string of the molecule is C=CC(=O)OCC(CCCCCc1ccccc1)OC(=O)C=C. The van der Waals surface area contributed by atoms with E-state index in [0.717, 1.165) is 37.8 Å². The summed E-state index contributed by atoms with van der Waals surface area (Å²) in [5.74, 6) is -1.03. The molecule has 4 heteroatoms. The molecule has 0 amide bonds. The van der Waals surface area contributed by atoms with Crippen LogP contribution in [0, 0.1) is 0 Å². The van der Waals surface area contributed by atoms with Crippen LogP contribution in [0.15, 0.2) is 55.6 Å². The molecule has 0 aliphatic carbocycles. The third-order valence-electron chi connectivity index (χ3n) is 3.36. The topological polar surface area (TPSA) is 52.6 Å². The molecule has 1 aromatic rings. The highest BCUT2D eigenvalue weighted by molar-refractivity contribution is 5.82. The summed E-state index contributed by atoms with van der Waals surface area (Å²) >= 11 is 0. The molecule has 23 heavy (non-hydrogen) atoms. The minimum Gasteiger partial charge on any atom is -0.459 e. The molecule has 0 bridgehead atoms. The van der Waals surface area contributed by atoms with Gasteiger partial charge in [0.1, 0.15) is 12.7 Å². The van der Waals surface area contributed by atoms with Gasteiger partial charge < -0.3 is 9.47 Å². The van der Waals surface area contributed by atoms with Crippen LogP contribution >= 0.6 is 0 Å². The van der Waals surface area contributed by atoms with Gasteiger partial charge in [-0.3, -0.25) is 0 Å². The standard InChI is InChI=1S/C19H24O4/c1-3-18(20)22-15-17(23-19(21)4-2)14-10-6-9-13-16-11-7-5-8-12-16/h3-5,7-8,11-12,17H,1-2,6,9-10,13-15H2. The first-order chi connectivity index (χ1) is 11.2. The van der Waals surface area contributed by atoms with Crippen LogP contribution in [0.2, 0.25) is 0 Å². The van der Waals surface area contributed by atoms with E-state index in [2.05, 4.69) is 25.3 Å². The fourth-order valence-electron chi connectivity index (χ4n) is 2.15. The highest BCUT2D eigenvalue weighted by atomic mass is 16.6. The van der Waals surface area contributed by atoms with Crippen molar-refractivity contribution in [1.82, 2.24) is 0 Å². The molecule has 1 rings (SSSR count). The van der Waals surface area contributed by atoms with Crippen molar-refractivity contribution in [2.24, 2.45) is 0 Å². The Morgan fingerprint density at radius 3 is 2.35 bits per heavy atom. The third-order valence-corrected chi connectivity index (χ3v) is 3.36. The molecule has 0 aliphatic rings. The second-order valence-electron chi connectivity index (χ2n) is 5.18. The summed E-state index contributed by atoms with van der Waals surface area (Å²) in [7, 11) is 0. The average molecular weight is 316 g/mol. The second kappa shape index (κ2) is 11.2. The van der Waals surface area contributed by atoms with Crippen molar-refractivity contribution in [3.05, 3.63) is 61.2 Å². The van der Waals surface area contributed by atoms with Crippen LogP contribution < -0.4 is 0 Å². The molecule has 0 aliphatic heterocycles. The van der Waals surface area contributed by atoms with Crippen LogP contribution in [0.3, 0.4) is 0 Å². The van der Waals surface area contributed by atoms with Gasteiger partial charge in [-0.15, -0.1) is 0 Å². The smallest absolute Gasteiger partial charge is 0.330 e. The van der Waals surface area contributed by atoms with E-state index >= 15 is 0 Å². The second-order valence-corrected chi connectivity index (χ2v) is 5.18. The molecule has 1 atom stereocenters. The number of ether oxygens (including phenoxy) is 2. The molecular formula is C19H24O4. The van der Waals surface area contributed by atoms with E-state index in [1.807, 2.05) is 18.2 Å². The number of carbonyl (C=O) groups excluding carboxylic acids is 2. The van der Waals surface area contributed by atoms with Gasteiger partial charge in [0, 0.05) is 12.2 Å². The number of benzene rings is 1. The third kappa shape index (κ3) is 8.61. The van der Waals surface area contributed by atoms with E-state index < -0.39 is 18.0 Å². The number of hydrogen-bond donors (Lipinski definition) is 0. The Bertz CT molecular complexity index is 507. The molecule has 0 aromatic heterocycles. The molecule has 4 nitrogen and oxygen atoms in total. The molecule has 0 N–H and O–H groups in total. The number of rotatable bonds is 11. The summed E-state index contributed by atoms with van der Waals surface area (Å²) < 4.78 is 10.1. The summed E-state index contributed by atoms with van der Waals surface area (Å²) in [6.07, 6.45) is 6.42. The Morgan fingerprint density at radius 1 is 1.00 bits per heavy atom. The first-order valence-electron chi connectivity index (χ1n) is 7.82. The maximum absolute atomic E-state index is 11.3. The van der Waals surface area contributed by atoms with Crippen molar-refractivity contribution in [3.63, 3.8) is 0 Å². The van der Waals surface area contributed by atoms with Gasteiger partial charge in [-0.2, -0.15) is 0 Å². The fourth-order valence-corrected chi connectivity index (χ4v) is 2.15. The number of carbonyl (C=O) groups is 2. The van der Waals surface area contributed by atoms with E-state index in [1.54, 1.807) is 0 Å². The molecular weight excluding hydrogens is 292 g/mol. The van der Waals surface area contributed by atoms with Crippen molar-refractivity contribution in [2.45, 2.75) is 38.2 Å². The zero-order chi connectivity index (χ0) is 16.9. The molecule has 1 aromatic carbocycles. The minimum atomic E-state index is -0.520. The largest absolute Gasteiger partial charge is 0.459 e. The van der Waals surface area contributed by atoms with Gasteiger partial charge in [0.15, 0.2) is 0 Å². The van der Waals surface area contributed by atoms with Crippen LogP contribution in [0.1, 0.15) is 31.2 Å². The van der Waals surface area contributed by atoms with E-state index in [9.17, 15) is 9.59 Å². The molecule has 0 spiro atoms. The monoisotopic (exact) mass is 316 g/mol. The summed E-state index contributed by atoms with van der Waals surface area (Å²) in [6.45, 7) is 6.75. The van der Waals surface area contributed by atoms with Crippen molar-refractivity contribution in [3.8, 4) is 0 Å². The number of unbranched alkanes of at least 4 members (excludes halogenated alkanes) is 2. The predicted molar refractivity (Wildman–Crippen MR) is 89.8 cm³/mol. The quantitative estimate of drug-likeness (QED) is 0.355. The summed E-state index contributed by atoms with van der Waals surface area (Å²) in [6, 6.07) is 10.3. The molecule has 0 saturated heterocycles. The Balaban J connectivity index is 2.28. The first-order valence-corrected chi connectivity index (χ1v) is 7.82. The summed E-state index contributed by atoms with van der Waals surface area (Å²) in [4.78, 5) is 22.4. The van der Waals surface area contributed by atoms with Crippen LogP contribution in [0.5, 0.6) is 0 Å². The van der Waals surface area contributed by atoms with Crippen molar-refractivity contribution >= 4 is 11.9 Å². The Labute approximate surface area is 137 Å². The fraction of sp³-hybridized carbons (Fsp3) is 0.368. The van der Waals surface area contributed by atoms with Crippen molar-refractivity contribution in [1.29, 1.82) is 0 Å². The van der Waals surface area contributed by atoms with Gasteiger partial charge in [0.2, 0.25) is 0 Å². The Morgan fingerprint density at radius 2 is 1.70 bits per heavy atom. The van der Waals surface area contributed by atoms with Gasteiger partial charge in [-0.25, -0.2) is 9.59 Å². The zero-order valence-electron chi connectivity index (χ0n) is 13.4. The molecule has 1 unspecified atom stereocenters. The van der Waals surface area contributed by atoms with E-state index in [1.165, 1.54) is 5.56 Å². The molecule has 0 saturated carbocycles. The lowest BCUT2D eigenvalue weighted by atomic mass is 10.0. The maximum Gasteiger partial charge on any atom is 0.330 e. The molecule has 124 valence electrons. The maximum atomic E-state index is 11.3. The minimum absolute atomic E-state index is 0.0448. The van der Waals surface area contributed by atoms with Crippen molar-refractivity contribution < 1.29 is 19.1 Å². The van der Waals surface area contributed by atoms with E-state index in [-0.39, 0.29) is 6.61 Å². The molecule has 0 radical (unpaired) electrons. The predicted octanol–water partition coefficient (Wildman–Crippen LogP) is 3.62. The summed E-state index contributed by atoms with van der Waals surface area (Å²) in [5.41, 5.74) is 1.32. The van der Waals surface area contributed by atoms with E-state index in [0.29, 0.717) is 6.42 Å². The highest BCUT2D eigenvalue weighted by Gasteiger charge is 2.14. The lowest BCUT2D eigenvalue weighted by Crippen LogP contribution is -2.24. The van der Waals surface area contributed by atoms with E-state index in [4.69, 9.17) is 9.47 Å². The van der Waals surface area contributed by atoms with Gasteiger partial charge in [-0.05, 0) is 31.2 Å². The van der Waals surface area contributed by atoms with Crippen LogP contribution in [0.25, 0.3) is 0 Å². The van der Waals surface area contributed by atoms with Crippen LogP contribution in [-0.4, -0.2) is 24.6 Å². The number of aryl methyl sites for hydroxylation is 1. The van der Waals surface area contributed by atoms with Crippen LogP contribution in [0.4, 0.5) is 0 Å². The number of hydrogen-bond acceptors (Lipinski definition) is 4. The average Bonchev–Trinajstić information content (AvgIpc) is 2.59. The highest BCUT2D eigenvalue weighted by Crippen LogP contribution is 2.11. The normalized spacial score (nSPS) is 11.3. The van der Waals surface area contributed by atoms with Crippen LogP contribution in [-0.2, 0) is 25.5 Å². The Kier molecular flexibility index (Phi) is 9.13. The lowest BCUT2D eigenvalue weighted by Gasteiger charge is -2.16. The summed E-state index contributed by atoms with van der Waals surface area (Å²) in [5, 5.41) is 0. The zero-order valence-corrected chi connectivity index (χ0v) is 13.4. The van der Waals surface area contributed by atoms with Gasteiger partial charge >= 0.3 is 11.9 Å².